The first kappa shape index (κ1) is 8.01. The Morgan fingerprint density at radius 1 is 1.40 bits per heavy atom. The molecule has 0 aromatic heterocycles. The van der Waals surface area contributed by atoms with Crippen LogP contribution in [0.3, 0.4) is 0 Å². The van der Waals surface area contributed by atoms with E-state index in [4.69, 9.17) is 0 Å². The minimum Gasteiger partial charge on any atom is -0.0654 e. The molecule has 1 radical (unpaired) electrons. The molecule has 0 saturated carbocycles. The highest BCUT2D eigenvalue weighted by Crippen LogP contribution is 2.33. The molecule has 10 heavy (non-hydrogen) atoms. The Bertz CT molecular complexity index is 145. The molecule has 0 fully saturated rings. The van der Waals surface area contributed by atoms with Crippen molar-refractivity contribution in [3.63, 3.8) is 0 Å². The summed E-state index contributed by atoms with van der Waals surface area (Å²) in [5.41, 5.74) is 0. The van der Waals surface area contributed by atoms with E-state index < -0.39 is 0 Å². The van der Waals surface area contributed by atoms with Crippen molar-refractivity contribution >= 4 is 8.58 Å². The molecular formula is C9H14P. The highest BCUT2D eigenvalue weighted by molar-refractivity contribution is 7.47. The molecule has 0 aromatic rings. The summed E-state index contributed by atoms with van der Waals surface area (Å²) in [5.74, 6) is 2.21. The van der Waals surface area contributed by atoms with Crippen LogP contribution >= 0.6 is 8.58 Å². The van der Waals surface area contributed by atoms with Crippen LogP contribution in [0, 0.1) is 0 Å². The average molecular weight is 153 g/mol. The zero-order chi connectivity index (χ0) is 7.23. The molecule has 0 unspecified atom stereocenters. The van der Waals surface area contributed by atoms with Gasteiger partial charge in [-0.05, 0) is 26.7 Å². The van der Waals surface area contributed by atoms with Gasteiger partial charge in [-0.3, -0.25) is 0 Å². The van der Waals surface area contributed by atoms with Crippen molar-refractivity contribution in [3.8, 4) is 0 Å². The third-order valence-corrected chi connectivity index (χ3v) is 2.68. The zero-order valence-electron chi connectivity index (χ0n) is 6.51. The molecule has 0 amide bonds. The summed E-state index contributed by atoms with van der Waals surface area (Å²) in [4.78, 5) is 0. The fourth-order valence-electron chi connectivity index (χ4n) is 1.04. The van der Waals surface area contributed by atoms with Gasteiger partial charge in [0.1, 0.15) is 0 Å². The first-order chi connectivity index (χ1) is 4.93. The normalized spacial score (nSPS) is 18.3. The summed E-state index contributed by atoms with van der Waals surface area (Å²) in [6, 6.07) is 0. The van der Waals surface area contributed by atoms with Crippen molar-refractivity contribution in [3.05, 3.63) is 23.3 Å². The Labute approximate surface area is 65.2 Å². The van der Waals surface area contributed by atoms with E-state index in [1.54, 1.807) is 5.31 Å². The number of allylic oxidation sites excluding steroid dienone is 3. The van der Waals surface area contributed by atoms with Gasteiger partial charge in [0.25, 0.3) is 0 Å². The molecule has 1 rings (SSSR count). The zero-order valence-corrected chi connectivity index (χ0v) is 7.40. The van der Waals surface area contributed by atoms with Gasteiger partial charge < -0.3 is 0 Å². The summed E-state index contributed by atoms with van der Waals surface area (Å²) >= 11 is 0. The third-order valence-electron chi connectivity index (χ3n) is 1.65. The van der Waals surface area contributed by atoms with Crippen LogP contribution in [-0.2, 0) is 0 Å². The maximum absolute atomic E-state index is 2.25. The molecule has 0 N–H and O–H groups in total. The standard InChI is InChI=1S/C9H14P/c1-2-3-4-6-9-7-5-8-10-9/h5,7-8H,2-4,6H2,1H3. The lowest BCUT2D eigenvalue weighted by Gasteiger charge is -1.97. The minimum absolute atomic E-state index is 1.31. The first-order valence-corrected chi connectivity index (χ1v) is 4.96. The molecule has 0 aromatic carbocycles. The van der Waals surface area contributed by atoms with Gasteiger partial charge in [0.05, 0.1) is 0 Å². The smallest absolute Gasteiger partial charge is 0.0225 e. The SMILES string of the molecule is CCCCCC1=CC=C[P]1. The van der Waals surface area contributed by atoms with Crippen molar-refractivity contribution in [1.29, 1.82) is 0 Å². The Morgan fingerprint density at radius 3 is 2.90 bits per heavy atom. The Morgan fingerprint density at radius 2 is 2.30 bits per heavy atom. The summed E-state index contributed by atoms with van der Waals surface area (Å²) in [5, 5.41) is 1.59. The summed E-state index contributed by atoms with van der Waals surface area (Å²) < 4.78 is 0. The van der Waals surface area contributed by atoms with E-state index in [1.807, 2.05) is 0 Å². The molecule has 1 heterocycles. The van der Waals surface area contributed by atoms with Gasteiger partial charge in [-0.25, -0.2) is 0 Å². The van der Waals surface area contributed by atoms with E-state index >= 15 is 0 Å². The predicted octanol–water partition coefficient (Wildman–Crippen LogP) is 3.92. The highest BCUT2D eigenvalue weighted by Gasteiger charge is 1.98. The van der Waals surface area contributed by atoms with Gasteiger partial charge in [-0.15, -0.1) is 0 Å². The molecule has 1 aliphatic heterocycles. The van der Waals surface area contributed by atoms with E-state index in [2.05, 4.69) is 24.9 Å². The average Bonchev–Trinajstić information content (AvgIpc) is 2.41. The largest absolute Gasteiger partial charge is 0.0654 e. The topological polar surface area (TPSA) is 0 Å². The Balaban J connectivity index is 2.04. The van der Waals surface area contributed by atoms with Crippen LogP contribution in [0.25, 0.3) is 0 Å². The molecular weight excluding hydrogens is 139 g/mol. The molecule has 0 bridgehead atoms. The molecule has 0 spiro atoms. The molecule has 0 atom stereocenters. The van der Waals surface area contributed by atoms with Crippen LogP contribution in [0.1, 0.15) is 32.6 Å². The lowest BCUT2D eigenvalue weighted by molar-refractivity contribution is 0.725. The number of hydrogen-bond donors (Lipinski definition) is 0. The van der Waals surface area contributed by atoms with E-state index in [-0.39, 0.29) is 0 Å². The second kappa shape index (κ2) is 4.68. The second-order valence-electron chi connectivity index (χ2n) is 2.59. The van der Waals surface area contributed by atoms with Crippen molar-refractivity contribution < 1.29 is 0 Å². The summed E-state index contributed by atoms with van der Waals surface area (Å²) in [6.07, 6.45) is 9.80. The molecule has 1 heteroatoms. The minimum atomic E-state index is 1.31. The lowest BCUT2D eigenvalue weighted by atomic mass is 10.2. The van der Waals surface area contributed by atoms with Gasteiger partial charge in [-0.1, -0.05) is 37.7 Å². The molecule has 1 aliphatic rings. The van der Waals surface area contributed by atoms with E-state index in [9.17, 15) is 0 Å². The van der Waals surface area contributed by atoms with Crippen LogP contribution in [0.15, 0.2) is 23.3 Å². The van der Waals surface area contributed by atoms with Gasteiger partial charge >= 0.3 is 0 Å². The third kappa shape index (κ3) is 2.66. The maximum Gasteiger partial charge on any atom is -0.0225 e. The monoisotopic (exact) mass is 153 g/mol. The van der Waals surface area contributed by atoms with Crippen LogP contribution in [0.5, 0.6) is 0 Å². The highest BCUT2D eigenvalue weighted by atomic mass is 31.1. The summed E-state index contributed by atoms with van der Waals surface area (Å²) in [7, 11) is 1.43. The Kier molecular flexibility index (Phi) is 3.75. The summed E-state index contributed by atoms with van der Waals surface area (Å²) in [6.45, 7) is 2.25. The van der Waals surface area contributed by atoms with Crippen LogP contribution in [0.2, 0.25) is 0 Å². The van der Waals surface area contributed by atoms with Gasteiger partial charge in [0.2, 0.25) is 0 Å². The first-order valence-electron chi connectivity index (χ1n) is 4.00. The number of hydrogen-bond acceptors (Lipinski definition) is 0. The van der Waals surface area contributed by atoms with Crippen molar-refractivity contribution in [2.24, 2.45) is 0 Å². The molecule has 0 aliphatic carbocycles. The quantitative estimate of drug-likeness (QED) is 0.424. The predicted molar refractivity (Wildman–Crippen MR) is 48.3 cm³/mol. The van der Waals surface area contributed by atoms with Crippen LogP contribution < -0.4 is 0 Å². The fourth-order valence-corrected chi connectivity index (χ4v) is 1.86. The number of unbranched alkanes of at least 4 members (excludes halogenated alkanes) is 2. The fraction of sp³-hybridized carbons (Fsp3) is 0.556. The number of rotatable bonds is 4. The van der Waals surface area contributed by atoms with Gasteiger partial charge in [0, 0.05) is 0 Å². The second-order valence-corrected chi connectivity index (χ2v) is 3.72. The van der Waals surface area contributed by atoms with E-state index in [1.165, 1.54) is 34.3 Å². The molecule has 0 saturated heterocycles. The van der Waals surface area contributed by atoms with Crippen molar-refractivity contribution in [2.45, 2.75) is 32.6 Å². The maximum atomic E-state index is 2.25. The van der Waals surface area contributed by atoms with Crippen molar-refractivity contribution in [2.75, 3.05) is 0 Å². The van der Waals surface area contributed by atoms with Gasteiger partial charge in [0.15, 0.2) is 0 Å². The molecule has 0 nitrogen and oxygen atoms in total. The molecule has 55 valence electrons. The lowest BCUT2D eigenvalue weighted by Crippen LogP contribution is -1.74. The van der Waals surface area contributed by atoms with E-state index in [0.717, 1.165) is 0 Å². The van der Waals surface area contributed by atoms with Crippen LogP contribution in [0.4, 0.5) is 0 Å². The van der Waals surface area contributed by atoms with Gasteiger partial charge in [-0.2, -0.15) is 0 Å². The van der Waals surface area contributed by atoms with E-state index in [0.29, 0.717) is 0 Å². The van der Waals surface area contributed by atoms with Crippen LogP contribution in [-0.4, -0.2) is 0 Å². The van der Waals surface area contributed by atoms with Crippen molar-refractivity contribution in [1.82, 2.24) is 0 Å². The Hall–Kier alpha value is -0.0900.